The number of alkyl halides is 1. The molecular weight excluding hydrogens is 221 g/mol. The predicted molar refractivity (Wildman–Crippen MR) is 57.2 cm³/mol. The molecule has 1 aromatic rings. The molecule has 1 rings (SSSR count). The van der Waals surface area contributed by atoms with Gasteiger partial charge in [-0.05, 0) is 13.0 Å². The molecule has 0 aliphatic carbocycles. The molecule has 15 heavy (non-hydrogen) atoms. The van der Waals surface area contributed by atoms with Gasteiger partial charge in [-0.3, -0.25) is 0 Å². The summed E-state index contributed by atoms with van der Waals surface area (Å²) in [7, 11) is 1.38. The van der Waals surface area contributed by atoms with Crippen LogP contribution in [0, 0.1) is 0 Å². The van der Waals surface area contributed by atoms with Crippen LogP contribution in [0.2, 0.25) is 5.02 Å². The molecule has 0 saturated heterocycles. The summed E-state index contributed by atoms with van der Waals surface area (Å²) in [5.41, 5.74) is 3.77. The van der Waals surface area contributed by atoms with E-state index in [9.17, 15) is 9.50 Å². The van der Waals surface area contributed by atoms with Crippen LogP contribution in [0.3, 0.4) is 0 Å². The average molecular weight is 234 g/mol. The fourth-order valence-electron chi connectivity index (χ4n) is 1.22. The number of rotatable bonds is 3. The molecule has 0 saturated carbocycles. The van der Waals surface area contributed by atoms with E-state index in [0.717, 1.165) is 0 Å². The molecule has 3 nitrogen and oxygen atoms in total. The highest BCUT2D eigenvalue weighted by atomic mass is 35.5. The first kappa shape index (κ1) is 12.1. The number of nitrogens with two attached hydrogens (primary N) is 1. The van der Waals surface area contributed by atoms with E-state index in [2.05, 4.69) is 0 Å². The Morgan fingerprint density at radius 1 is 1.60 bits per heavy atom. The van der Waals surface area contributed by atoms with Crippen LogP contribution in [0.1, 0.15) is 12.5 Å². The summed E-state index contributed by atoms with van der Waals surface area (Å²) in [4.78, 5) is 0. The number of hydrogen-bond donors (Lipinski definition) is 2. The number of benzene rings is 1. The molecule has 0 bridgehead atoms. The second-order valence-electron chi connectivity index (χ2n) is 3.41. The Bertz CT molecular complexity index is 369. The molecule has 0 fully saturated rings. The summed E-state index contributed by atoms with van der Waals surface area (Å²) in [5.74, 6) is 0.0470. The van der Waals surface area contributed by atoms with Crippen LogP contribution in [0.15, 0.2) is 12.1 Å². The van der Waals surface area contributed by atoms with Crippen LogP contribution in [-0.4, -0.2) is 18.8 Å². The van der Waals surface area contributed by atoms with Gasteiger partial charge < -0.3 is 15.6 Å². The van der Waals surface area contributed by atoms with Gasteiger partial charge >= 0.3 is 0 Å². The van der Waals surface area contributed by atoms with Crippen LogP contribution in [0.4, 0.5) is 4.39 Å². The summed E-state index contributed by atoms with van der Waals surface area (Å²) in [6.07, 6.45) is 0. The smallest absolute Gasteiger partial charge is 0.160 e. The Hall–Kier alpha value is -1.00. The highest BCUT2D eigenvalue weighted by Crippen LogP contribution is 2.38. The van der Waals surface area contributed by atoms with Gasteiger partial charge in [-0.1, -0.05) is 11.6 Å². The van der Waals surface area contributed by atoms with E-state index in [1.165, 1.54) is 26.2 Å². The van der Waals surface area contributed by atoms with Crippen molar-refractivity contribution in [2.24, 2.45) is 5.73 Å². The Morgan fingerprint density at radius 3 is 2.67 bits per heavy atom. The molecule has 1 aromatic carbocycles. The molecule has 84 valence electrons. The second-order valence-corrected chi connectivity index (χ2v) is 3.81. The van der Waals surface area contributed by atoms with E-state index in [1.54, 1.807) is 0 Å². The van der Waals surface area contributed by atoms with Crippen LogP contribution in [-0.2, 0) is 5.67 Å². The van der Waals surface area contributed by atoms with Gasteiger partial charge in [0, 0.05) is 18.2 Å². The zero-order chi connectivity index (χ0) is 11.6. The average Bonchev–Trinajstić information content (AvgIpc) is 2.17. The maximum Gasteiger partial charge on any atom is 0.160 e. The number of phenols is 1. The Morgan fingerprint density at radius 2 is 2.20 bits per heavy atom. The third kappa shape index (κ3) is 2.33. The fourth-order valence-corrected chi connectivity index (χ4v) is 1.57. The lowest BCUT2D eigenvalue weighted by Gasteiger charge is -2.20. The van der Waals surface area contributed by atoms with E-state index >= 15 is 0 Å². The molecule has 1 unspecified atom stereocenters. The zero-order valence-electron chi connectivity index (χ0n) is 8.55. The SMILES string of the molecule is COc1cc(C(C)(F)CN)c(Cl)cc1O. The van der Waals surface area contributed by atoms with Crippen LogP contribution < -0.4 is 10.5 Å². The maximum atomic E-state index is 13.9. The van der Waals surface area contributed by atoms with E-state index in [0.29, 0.717) is 0 Å². The van der Waals surface area contributed by atoms with Crippen molar-refractivity contribution in [1.82, 2.24) is 0 Å². The van der Waals surface area contributed by atoms with Crippen molar-refractivity contribution >= 4 is 11.6 Å². The minimum atomic E-state index is -1.74. The number of phenolic OH excluding ortho intramolecular Hbond substituents is 1. The first-order chi connectivity index (χ1) is 6.92. The summed E-state index contributed by atoms with van der Waals surface area (Å²) in [5, 5.41) is 9.52. The van der Waals surface area contributed by atoms with Crippen molar-refractivity contribution in [2.45, 2.75) is 12.6 Å². The second kappa shape index (κ2) is 4.24. The van der Waals surface area contributed by atoms with Crippen LogP contribution >= 0.6 is 11.6 Å². The molecule has 3 N–H and O–H groups in total. The highest BCUT2D eigenvalue weighted by molar-refractivity contribution is 6.31. The quantitative estimate of drug-likeness (QED) is 0.842. The fraction of sp³-hybridized carbons (Fsp3) is 0.400. The Kier molecular flexibility index (Phi) is 3.42. The van der Waals surface area contributed by atoms with Crippen molar-refractivity contribution < 1.29 is 14.2 Å². The number of halogens is 2. The number of ether oxygens (including phenoxy) is 1. The molecular formula is C10H13ClFNO2. The summed E-state index contributed by atoms with van der Waals surface area (Å²) in [6, 6.07) is 2.59. The first-order valence-corrected chi connectivity index (χ1v) is 4.76. The van der Waals surface area contributed by atoms with E-state index in [4.69, 9.17) is 22.1 Å². The van der Waals surface area contributed by atoms with Crippen molar-refractivity contribution in [1.29, 1.82) is 0 Å². The molecule has 1 atom stereocenters. The maximum absolute atomic E-state index is 13.9. The molecule has 0 aromatic heterocycles. The minimum absolute atomic E-state index is 0.126. The normalized spacial score (nSPS) is 14.7. The van der Waals surface area contributed by atoms with Crippen molar-refractivity contribution in [3.63, 3.8) is 0 Å². The van der Waals surface area contributed by atoms with Crippen LogP contribution in [0.25, 0.3) is 0 Å². The van der Waals surface area contributed by atoms with Crippen molar-refractivity contribution in [2.75, 3.05) is 13.7 Å². The molecule has 0 radical (unpaired) electrons. The standard InChI is InChI=1S/C10H13ClFNO2/c1-10(12,5-13)6-3-9(15-2)8(14)4-7(6)11/h3-4,14H,5,13H2,1-2H3. The van der Waals surface area contributed by atoms with Gasteiger partial charge in [0.2, 0.25) is 0 Å². The molecule has 0 spiro atoms. The molecule has 0 aliphatic rings. The lowest BCUT2D eigenvalue weighted by atomic mass is 9.97. The van der Waals surface area contributed by atoms with Gasteiger partial charge in [0.15, 0.2) is 11.5 Å². The lowest BCUT2D eigenvalue weighted by Crippen LogP contribution is -2.26. The third-order valence-corrected chi connectivity index (χ3v) is 2.53. The number of aromatic hydroxyl groups is 1. The van der Waals surface area contributed by atoms with Crippen LogP contribution in [0.5, 0.6) is 11.5 Å². The summed E-state index contributed by atoms with van der Waals surface area (Å²) in [6.45, 7) is 1.13. The van der Waals surface area contributed by atoms with E-state index in [-0.39, 0.29) is 28.6 Å². The third-order valence-electron chi connectivity index (χ3n) is 2.21. The minimum Gasteiger partial charge on any atom is -0.504 e. The molecule has 0 amide bonds. The summed E-state index contributed by atoms with van der Waals surface area (Å²) < 4.78 is 18.8. The van der Waals surface area contributed by atoms with Crippen molar-refractivity contribution in [3.05, 3.63) is 22.7 Å². The molecule has 5 heteroatoms. The number of methoxy groups -OCH3 is 1. The van der Waals surface area contributed by atoms with Gasteiger partial charge in [0.1, 0.15) is 5.67 Å². The number of hydrogen-bond acceptors (Lipinski definition) is 3. The lowest BCUT2D eigenvalue weighted by molar-refractivity contribution is 0.202. The van der Waals surface area contributed by atoms with Gasteiger partial charge in [0.05, 0.1) is 12.1 Å². The first-order valence-electron chi connectivity index (χ1n) is 4.38. The monoisotopic (exact) mass is 233 g/mol. The highest BCUT2D eigenvalue weighted by Gasteiger charge is 2.28. The predicted octanol–water partition coefficient (Wildman–Crippen LogP) is 2.20. The van der Waals surface area contributed by atoms with E-state index in [1.807, 2.05) is 0 Å². The van der Waals surface area contributed by atoms with Gasteiger partial charge in [-0.2, -0.15) is 0 Å². The largest absolute Gasteiger partial charge is 0.504 e. The zero-order valence-corrected chi connectivity index (χ0v) is 9.31. The molecule has 0 aliphatic heterocycles. The van der Waals surface area contributed by atoms with Gasteiger partial charge in [-0.25, -0.2) is 4.39 Å². The van der Waals surface area contributed by atoms with E-state index < -0.39 is 5.67 Å². The molecule has 0 heterocycles. The topological polar surface area (TPSA) is 55.5 Å². The van der Waals surface area contributed by atoms with Crippen molar-refractivity contribution in [3.8, 4) is 11.5 Å². The van der Waals surface area contributed by atoms with Gasteiger partial charge in [-0.15, -0.1) is 0 Å². The van der Waals surface area contributed by atoms with Gasteiger partial charge in [0.25, 0.3) is 0 Å². The Labute approximate surface area is 92.6 Å². The Balaban J connectivity index is 3.30. The summed E-state index contributed by atoms with van der Waals surface area (Å²) >= 11 is 5.81.